The molecule has 0 saturated heterocycles. The van der Waals surface area contributed by atoms with Gasteiger partial charge < -0.3 is 10.6 Å². The maximum absolute atomic E-state index is 12.9. The summed E-state index contributed by atoms with van der Waals surface area (Å²) in [6, 6.07) is 10.7. The largest absolute Gasteiger partial charge is 0.326 e. The van der Waals surface area contributed by atoms with Crippen LogP contribution in [0.2, 0.25) is 15.1 Å². The molecule has 1 heterocycles. The van der Waals surface area contributed by atoms with Gasteiger partial charge in [0, 0.05) is 10.6 Å². The summed E-state index contributed by atoms with van der Waals surface area (Å²) in [5.74, 6) is -0.559. The van der Waals surface area contributed by atoms with E-state index in [0.29, 0.717) is 31.6 Å². The summed E-state index contributed by atoms with van der Waals surface area (Å²) in [6.45, 7) is 3.79. The van der Waals surface area contributed by atoms with E-state index in [1.165, 1.54) is 11.3 Å². The van der Waals surface area contributed by atoms with Crippen molar-refractivity contribution in [2.45, 2.75) is 26.3 Å². The zero-order chi connectivity index (χ0) is 23.3. The molecule has 0 spiro atoms. The van der Waals surface area contributed by atoms with Crippen LogP contribution in [0.4, 0.5) is 15.6 Å². The number of carbonyl (C=O) groups is 2. The van der Waals surface area contributed by atoms with Crippen LogP contribution in [0.3, 0.4) is 0 Å². The van der Waals surface area contributed by atoms with E-state index in [1.807, 2.05) is 26.0 Å². The summed E-state index contributed by atoms with van der Waals surface area (Å²) in [4.78, 5) is 25.5. The fourth-order valence-electron chi connectivity index (χ4n) is 2.81. The molecule has 0 aliphatic carbocycles. The molecule has 3 rings (SSSR count). The molecule has 3 amide bonds. The predicted molar refractivity (Wildman–Crippen MR) is 131 cm³/mol. The van der Waals surface area contributed by atoms with Gasteiger partial charge in [0.25, 0.3) is 0 Å². The number of carbonyl (C=O) groups excluding carboxylic acids is 2. The van der Waals surface area contributed by atoms with Gasteiger partial charge in [0.2, 0.25) is 11.0 Å². The van der Waals surface area contributed by atoms with Gasteiger partial charge in [-0.15, -0.1) is 10.2 Å². The SMILES string of the molecule is CCC(C)C(NC(=O)Nc1c(Cl)cccc1Cl)C(=O)Nc1nnc(-c2cccc(Cl)c2)s1. The molecule has 7 nitrogen and oxygen atoms in total. The van der Waals surface area contributed by atoms with Crippen LogP contribution in [0, 0.1) is 5.92 Å². The second-order valence-corrected chi connectivity index (χ2v) is 9.20. The van der Waals surface area contributed by atoms with Gasteiger partial charge in [-0.1, -0.05) is 84.6 Å². The van der Waals surface area contributed by atoms with Gasteiger partial charge in [-0.3, -0.25) is 10.1 Å². The van der Waals surface area contributed by atoms with Crippen LogP contribution in [0.25, 0.3) is 10.6 Å². The van der Waals surface area contributed by atoms with Crippen molar-refractivity contribution >= 4 is 68.9 Å². The maximum atomic E-state index is 12.9. The van der Waals surface area contributed by atoms with Crippen LogP contribution in [0.15, 0.2) is 42.5 Å². The molecule has 0 aliphatic rings. The minimum atomic E-state index is -0.820. The fourth-order valence-corrected chi connectivity index (χ4v) is 4.23. The van der Waals surface area contributed by atoms with Crippen molar-refractivity contribution < 1.29 is 9.59 Å². The summed E-state index contributed by atoms with van der Waals surface area (Å²) >= 11 is 19.4. The Balaban J connectivity index is 1.71. The number of hydrogen-bond acceptors (Lipinski definition) is 5. The third-order valence-corrected chi connectivity index (χ3v) is 6.46. The molecule has 0 saturated carbocycles. The van der Waals surface area contributed by atoms with Gasteiger partial charge in [0.15, 0.2) is 0 Å². The number of nitrogens with zero attached hydrogens (tertiary/aromatic N) is 2. The molecule has 11 heteroatoms. The summed E-state index contributed by atoms with van der Waals surface area (Å²) in [5.41, 5.74) is 1.06. The average molecular weight is 513 g/mol. The lowest BCUT2D eigenvalue weighted by Gasteiger charge is -2.23. The maximum Gasteiger partial charge on any atom is 0.319 e. The molecule has 3 N–H and O–H groups in total. The average Bonchev–Trinajstić information content (AvgIpc) is 3.22. The monoisotopic (exact) mass is 511 g/mol. The zero-order valence-electron chi connectivity index (χ0n) is 17.2. The number of anilines is 2. The number of amides is 3. The molecule has 2 atom stereocenters. The van der Waals surface area contributed by atoms with E-state index < -0.39 is 18.0 Å². The van der Waals surface area contributed by atoms with Gasteiger partial charge in [-0.05, 0) is 30.2 Å². The van der Waals surface area contributed by atoms with Crippen molar-refractivity contribution in [2.24, 2.45) is 5.92 Å². The Kier molecular flexibility index (Phi) is 8.31. The third kappa shape index (κ3) is 6.10. The lowest BCUT2D eigenvalue weighted by atomic mass is 9.98. The number of para-hydroxylation sites is 1. The zero-order valence-corrected chi connectivity index (χ0v) is 20.2. The number of rotatable bonds is 7. The molecule has 2 unspecified atom stereocenters. The first kappa shape index (κ1) is 24.3. The third-order valence-electron chi connectivity index (χ3n) is 4.71. The normalized spacial score (nSPS) is 12.7. The molecule has 3 aromatic rings. The molecule has 168 valence electrons. The Labute approximate surface area is 204 Å². The first-order valence-corrected chi connectivity index (χ1v) is 11.6. The highest BCUT2D eigenvalue weighted by atomic mass is 35.5. The van der Waals surface area contributed by atoms with Crippen LogP contribution in [0.5, 0.6) is 0 Å². The topological polar surface area (TPSA) is 96.0 Å². The molecular weight excluding hydrogens is 493 g/mol. The molecular formula is C21H20Cl3N5O2S. The van der Waals surface area contributed by atoms with Gasteiger partial charge >= 0.3 is 6.03 Å². The van der Waals surface area contributed by atoms with E-state index in [1.54, 1.807) is 30.3 Å². The number of urea groups is 1. The van der Waals surface area contributed by atoms with Gasteiger partial charge in [0.1, 0.15) is 11.0 Å². The predicted octanol–water partition coefficient (Wildman–Crippen LogP) is 6.34. The lowest BCUT2D eigenvalue weighted by molar-refractivity contribution is -0.119. The van der Waals surface area contributed by atoms with Crippen molar-refractivity contribution in [1.82, 2.24) is 15.5 Å². The summed E-state index contributed by atoms with van der Waals surface area (Å²) in [7, 11) is 0. The molecule has 0 fully saturated rings. The first-order chi connectivity index (χ1) is 15.3. The van der Waals surface area contributed by atoms with Gasteiger partial charge in [-0.2, -0.15) is 0 Å². The number of halogens is 3. The van der Waals surface area contributed by atoms with E-state index in [9.17, 15) is 9.59 Å². The van der Waals surface area contributed by atoms with E-state index in [0.717, 1.165) is 5.56 Å². The molecule has 32 heavy (non-hydrogen) atoms. The molecule has 1 aromatic heterocycles. The van der Waals surface area contributed by atoms with Crippen molar-refractivity contribution in [3.8, 4) is 10.6 Å². The minimum absolute atomic E-state index is 0.150. The summed E-state index contributed by atoms with van der Waals surface area (Å²) in [6.07, 6.45) is 0.662. The van der Waals surface area contributed by atoms with E-state index >= 15 is 0 Å². The summed E-state index contributed by atoms with van der Waals surface area (Å²) < 4.78 is 0. The highest BCUT2D eigenvalue weighted by Gasteiger charge is 2.27. The molecule has 0 aliphatic heterocycles. The Morgan fingerprint density at radius 1 is 1.03 bits per heavy atom. The Hall–Kier alpha value is -2.39. The van der Waals surface area contributed by atoms with Crippen molar-refractivity contribution in [1.29, 1.82) is 0 Å². The van der Waals surface area contributed by atoms with E-state index in [4.69, 9.17) is 34.8 Å². The first-order valence-electron chi connectivity index (χ1n) is 9.70. The second kappa shape index (κ2) is 11.0. The lowest BCUT2D eigenvalue weighted by Crippen LogP contribution is -2.49. The molecule has 0 radical (unpaired) electrons. The number of nitrogens with one attached hydrogen (secondary N) is 3. The minimum Gasteiger partial charge on any atom is -0.326 e. The molecule has 0 bridgehead atoms. The molecule has 2 aromatic carbocycles. The van der Waals surface area contributed by atoms with Crippen molar-refractivity contribution in [3.63, 3.8) is 0 Å². The quantitative estimate of drug-likeness (QED) is 0.344. The second-order valence-electron chi connectivity index (χ2n) is 6.97. The number of hydrogen-bond donors (Lipinski definition) is 3. The number of aromatic nitrogens is 2. The van der Waals surface area contributed by atoms with E-state index in [2.05, 4.69) is 26.1 Å². The Morgan fingerprint density at radius 3 is 2.38 bits per heavy atom. The summed E-state index contributed by atoms with van der Waals surface area (Å²) in [5, 5.41) is 18.3. The van der Waals surface area contributed by atoms with Gasteiger partial charge in [-0.25, -0.2) is 4.79 Å². The van der Waals surface area contributed by atoms with Crippen LogP contribution in [-0.4, -0.2) is 28.2 Å². The van der Waals surface area contributed by atoms with Crippen molar-refractivity contribution in [2.75, 3.05) is 10.6 Å². The highest BCUT2D eigenvalue weighted by molar-refractivity contribution is 7.18. The Morgan fingerprint density at radius 2 is 1.72 bits per heavy atom. The van der Waals surface area contributed by atoms with Crippen molar-refractivity contribution in [3.05, 3.63) is 57.5 Å². The van der Waals surface area contributed by atoms with Crippen LogP contribution in [-0.2, 0) is 4.79 Å². The number of benzene rings is 2. The Bertz CT molecular complexity index is 1100. The fraction of sp³-hybridized carbons (Fsp3) is 0.238. The highest BCUT2D eigenvalue weighted by Crippen LogP contribution is 2.30. The van der Waals surface area contributed by atoms with Crippen LogP contribution >= 0.6 is 46.1 Å². The standard InChI is InChI=1S/C21H20Cl3N5O2S/c1-3-11(2)16(25-20(31)26-17-14(23)8-5-9-15(17)24)18(30)27-21-29-28-19(32-21)12-6-4-7-13(22)10-12/h4-11,16H,3H2,1-2H3,(H2,25,26,31)(H,27,29,30). The van der Waals surface area contributed by atoms with Crippen LogP contribution in [0.1, 0.15) is 20.3 Å². The smallest absolute Gasteiger partial charge is 0.319 e. The van der Waals surface area contributed by atoms with Crippen LogP contribution < -0.4 is 16.0 Å². The van der Waals surface area contributed by atoms with E-state index in [-0.39, 0.29) is 11.6 Å². The van der Waals surface area contributed by atoms with Gasteiger partial charge in [0.05, 0.1) is 15.7 Å².